The minimum atomic E-state index is -0.617. The van der Waals surface area contributed by atoms with Crippen molar-refractivity contribution in [1.82, 2.24) is 9.88 Å². The molecule has 0 aliphatic carbocycles. The summed E-state index contributed by atoms with van der Waals surface area (Å²) in [6, 6.07) is 6.38. The summed E-state index contributed by atoms with van der Waals surface area (Å²) in [5.41, 5.74) is 2.39. The number of thioether (sulfide) groups is 1. The van der Waals surface area contributed by atoms with Gasteiger partial charge in [-0.1, -0.05) is 0 Å². The molecule has 0 unspecified atom stereocenters. The lowest BCUT2D eigenvalue weighted by atomic mass is 10.1. The molecule has 0 bridgehead atoms. The number of aromatic nitrogens is 1. The fourth-order valence-corrected chi connectivity index (χ4v) is 4.60. The Labute approximate surface area is 185 Å². The van der Waals surface area contributed by atoms with E-state index in [0.29, 0.717) is 45.6 Å². The lowest BCUT2D eigenvalue weighted by Crippen LogP contribution is -2.44. The topological polar surface area (TPSA) is 101 Å². The molecule has 166 valence electrons. The van der Waals surface area contributed by atoms with Crippen LogP contribution in [0.5, 0.6) is 5.75 Å². The molecule has 0 saturated carbocycles. The number of hydrogen-bond donors (Lipinski definition) is 2. The molecule has 0 spiro atoms. The Hall–Kier alpha value is -2.94. The van der Waals surface area contributed by atoms with Crippen LogP contribution in [0.25, 0.3) is 0 Å². The monoisotopic (exact) mass is 445 g/mol. The van der Waals surface area contributed by atoms with E-state index in [2.05, 4.69) is 10.3 Å². The maximum Gasteiger partial charge on any atom is 0.340 e. The van der Waals surface area contributed by atoms with Crippen molar-refractivity contribution in [3.05, 3.63) is 46.8 Å². The quantitative estimate of drug-likeness (QED) is 0.662. The predicted molar refractivity (Wildman–Crippen MR) is 120 cm³/mol. The van der Waals surface area contributed by atoms with Crippen molar-refractivity contribution in [2.45, 2.75) is 39.8 Å². The fourth-order valence-electron chi connectivity index (χ4n) is 3.45. The molecule has 2 aromatic rings. The molecule has 1 aliphatic rings. The van der Waals surface area contributed by atoms with Gasteiger partial charge < -0.3 is 24.7 Å². The van der Waals surface area contributed by atoms with Crippen molar-refractivity contribution >= 4 is 35.2 Å². The number of anilines is 1. The number of esters is 1. The highest BCUT2D eigenvalue weighted by Gasteiger charge is 2.37. The molecule has 2 heterocycles. The third-order valence-corrected chi connectivity index (χ3v) is 6.01. The Kier molecular flexibility index (Phi) is 6.94. The number of nitrogens with one attached hydrogen (secondary N) is 2. The zero-order valence-electron chi connectivity index (χ0n) is 18.3. The van der Waals surface area contributed by atoms with E-state index >= 15 is 0 Å². The third-order valence-electron chi connectivity index (χ3n) is 5.00. The highest BCUT2D eigenvalue weighted by Crippen LogP contribution is 2.27. The second-order valence-electron chi connectivity index (χ2n) is 7.59. The van der Waals surface area contributed by atoms with Gasteiger partial charge in [-0.15, -0.1) is 11.8 Å². The van der Waals surface area contributed by atoms with Crippen molar-refractivity contribution in [2.24, 2.45) is 0 Å². The van der Waals surface area contributed by atoms with Crippen molar-refractivity contribution in [2.75, 3.05) is 24.1 Å². The van der Waals surface area contributed by atoms with E-state index in [1.807, 2.05) is 0 Å². The Morgan fingerprint density at radius 3 is 2.48 bits per heavy atom. The molecular weight excluding hydrogens is 418 g/mol. The van der Waals surface area contributed by atoms with Crippen molar-refractivity contribution < 1.29 is 23.9 Å². The van der Waals surface area contributed by atoms with Gasteiger partial charge in [0.15, 0.2) is 0 Å². The molecule has 1 aromatic heterocycles. The van der Waals surface area contributed by atoms with Gasteiger partial charge in [0.05, 0.1) is 24.7 Å². The number of amides is 2. The number of carbonyl (C=O) groups is 3. The molecule has 2 amide bonds. The molecule has 1 aromatic carbocycles. The number of aromatic amines is 1. The molecule has 1 aliphatic heterocycles. The largest absolute Gasteiger partial charge is 0.497 e. The number of methoxy groups -OCH3 is 1. The van der Waals surface area contributed by atoms with Crippen LogP contribution in [-0.4, -0.2) is 58.6 Å². The van der Waals surface area contributed by atoms with E-state index in [-0.39, 0.29) is 17.9 Å². The molecule has 1 atom stereocenters. The van der Waals surface area contributed by atoms with E-state index in [9.17, 15) is 14.4 Å². The Morgan fingerprint density at radius 2 is 1.87 bits per heavy atom. The lowest BCUT2D eigenvalue weighted by molar-refractivity contribution is -0.119. The molecule has 0 radical (unpaired) electrons. The maximum atomic E-state index is 13.3. The molecule has 2 N–H and O–H groups in total. The molecule has 9 heteroatoms. The molecule has 8 nitrogen and oxygen atoms in total. The number of rotatable bonds is 6. The second kappa shape index (κ2) is 9.47. The zero-order chi connectivity index (χ0) is 22.7. The Morgan fingerprint density at radius 1 is 1.19 bits per heavy atom. The maximum absolute atomic E-state index is 13.3. The van der Waals surface area contributed by atoms with Gasteiger partial charge in [-0.05, 0) is 57.5 Å². The highest BCUT2D eigenvalue weighted by atomic mass is 32.2. The number of H-pyrrole nitrogens is 1. The van der Waals surface area contributed by atoms with Crippen LogP contribution >= 0.6 is 11.8 Å². The molecule has 31 heavy (non-hydrogen) atoms. The minimum absolute atomic E-state index is 0.260. The van der Waals surface area contributed by atoms with Gasteiger partial charge in [0.2, 0.25) is 5.91 Å². The number of nitrogens with zero attached hydrogens (tertiary/aromatic N) is 1. The van der Waals surface area contributed by atoms with E-state index in [4.69, 9.17) is 9.47 Å². The van der Waals surface area contributed by atoms with Crippen LogP contribution in [-0.2, 0) is 9.53 Å². The van der Waals surface area contributed by atoms with Gasteiger partial charge >= 0.3 is 5.97 Å². The summed E-state index contributed by atoms with van der Waals surface area (Å²) in [6.45, 7) is 6.99. The summed E-state index contributed by atoms with van der Waals surface area (Å²) in [6.07, 6.45) is -0.263. The van der Waals surface area contributed by atoms with Crippen LogP contribution in [0.15, 0.2) is 24.3 Å². The smallest absolute Gasteiger partial charge is 0.340 e. The molecule has 1 saturated heterocycles. The highest BCUT2D eigenvalue weighted by molar-refractivity contribution is 7.99. The second-order valence-corrected chi connectivity index (χ2v) is 8.59. The summed E-state index contributed by atoms with van der Waals surface area (Å²) < 4.78 is 10.4. The zero-order valence-corrected chi connectivity index (χ0v) is 19.1. The summed E-state index contributed by atoms with van der Waals surface area (Å²) in [7, 11) is 1.57. The van der Waals surface area contributed by atoms with Crippen molar-refractivity contribution in [3.8, 4) is 5.75 Å². The first kappa shape index (κ1) is 22.7. The number of ether oxygens (including phenoxy) is 2. The predicted octanol–water partition coefficient (Wildman–Crippen LogP) is 3.36. The number of aryl methyl sites for hydroxylation is 1. The Balaban J connectivity index is 1.77. The van der Waals surface area contributed by atoms with E-state index in [0.717, 1.165) is 0 Å². The summed E-state index contributed by atoms with van der Waals surface area (Å²) in [4.78, 5) is 43.1. The van der Waals surface area contributed by atoms with Gasteiger partial charge in [0.1, 0.15) is 17.5 Å². The third kappa shape index (κ3) is 4.87. The molecular formula is C22H27N3O5S. The van der Waals surface area contributed by atoms with E-state index < -0.39 is 12.0 Å². The number of hydrogen-bond acceptors (Lipinski definition) is 6. The number of carbonyl (C=O) groups excluding carboxylic acids is 3. The van der Waals surface area contributed by atoms with Crippen LogP contribution < -0.4 is 10.1 Å². The van der Waals surface area contributed by atoms with Gasteiger partial charge in [-0.25, -0.2) is 4.79 Å². The van der Waals surface area contributed by atoms with Gasteiger partial charge in [0, 0.05) is 17.1 Å². The van der Waals surface area contributed by atoms with Gasteiger partial charge in [-0.2, -0.15) is 0 Å². The summed E-state index contributed by atoms with van der Waals surface area (Å²) in [5, 5.41) is 2.86. The molecule has 1 fully saturated rings. The summed E-state index contributed by atoms with van der Waals surface area (Å²) >= 11 is 1.51. The Bertz CT molecular complexity index is 984. The average molecular weight is 446 g/mol. The van der Waals surface area contributed by atoms with Gasteiger partial charge in [0.25, 0.3) is 5.91 Å². The van der Waals surface area contributed by atoms with Crippen molar-refractivity contribution in [1.29, 1.82) is 0 Å². The minimum Gasteiger partial charge on any atom is -0.497 e. The lowest BCUT2D eigenvalue weighted by Gasteiger charge is -2.23. The van der Waals surface area contributed by atoms with Crippen LogP contribution in [0.4, 0.5) is 5.69 Å². The van der Waals surface area contributed by atoms with Crippen LogP contribution in [0, 0.1) is 13.8 Å². The first-order valence-electron chi connectivity index (χ1n) is 9.96. The summed E-state index contributed by atoms with van der Waals surface area (Å²) in [5.74, 6) is 0.533. The van der Waals surface area contributed by atoms with Crippen LogP contribution in [0.3, 0.4) is 0 Å². The molecule has 3 rings (SSSR count). The average Bonchev–Trinajstić information content (AvgIpc) is 3.32. The SMILES string of the molecule is COc1ccc(NC(=O)[C@@H]2CSCN2C(=O)c2[nH]c(C)c(C(=O)OC(C)C)c2C)cc1. The van der Waals surface area contributed by atoms with E-state index in [1.54, 1.807) is 59.1 Å². The van der Waals surface area contributed by atoms with Crippen LogP contribution in [0.2, 0.25) is 0 Å². The number of benzene rings is 1. The van der Waals surface area contributed by atoms with Gasteiger partial charge in [-0.3, -0.25) is 9.59 Å². The van der Waals surface area contributed by atoms with E-state index in [1.165, 1.54) is 16.7 Å². The van der Waals surface area contributed by atoms with Crippen molar-refractivity contribution in [3.63, 3.8) is 0 Å². The van der Waals surface area contributed by atoms with Crippen LogP contribution in [0.1, 0.15) is 46.0 Å². The first-order chi connectivity index (χ1) is 14.7. The fraction of sp³-hybridized carbons (Fsp3) is 0.409. The standard InChI is InChI=1S/C22H27N3O5S/c1-12(2)30-22(28)18-13(3)19(23-14(18)4)21(27)25-11-31-10-17(25)20(26)24-15-6-8-16(29-5)9-7-15/h6-9,12,17,23H,10-11H2,1-5H3,(H,24,26)/t17-/m0/s1. The first-order valence-corrected chi connectivity index (χ1v) is 11.1. The normalized spacial score (nSPS) is 15.8.